The average Bonchev–Trinajstić information content (AvgIpc) is 2.30. The SMILES string of the molecule is Cc1ccc(CNc2ccc(C)cc2Br)cc1. The van der Waals surface area contributed by atoms with Crippen molar-refractivity contribution < 1.29 is 0 Å². The van der Waals surface area contributed by atoms with E-state index in [0.29, 0.717) is 0 Å². The van der Waals surface area contributed by atoms with Crippen molar-refractivity contribution in [2.45, 2.75) is 20.4 Å². The summed E-state index contributed by atoms with van der Waals surface area (Å²) in [6, 6.07) is 14.9. The van der Waals surface area contributed by atoms with Crippen molar-refractivity contribution in [3.05, 3.63) is 63.6 Å². The minimum absolute atomic E-state index is 0.849. The molecule has 0 aliphatic carbocycles. The highest BCUT2D eigenvalue weighted by atomic mass is 79.9. The van der Waals surface area contributed by atoms with E-state index < -0.39 is 0 Å². The van der Waals surface area contributed by atoms with E-state index in [1.54, 1.807) is 0 Å². The zero-order valence-corrected chi connectivity index (χ0v) is 11.7. The highest BCUT2D eigenvalue weighted by Crippen LogP contribution is 2.23. The molecule has 17 heavy (non-hydrogen) atoms. The number of hydrogen-bond donors (Lipinski definition) is 1. The predicted molar refractivity (Wildman–Crippen MR) is 77.4 cm³/mol. The summed E-state index contributed by atoms with van der Waals surface area (Å²) in [5.74, 6) is 0. The first kappa shape index (κ1) is 12.2. The lowest BCUT2D eigenvalue weighted by atomic mass is 10.1. The summed E-state index contributed by atoms with van der Waals surface area (Å²) in [5.41, 5.74) is 4.99. The predicted octanol–water partition coefficient (Wildman–Crippen LogP) is 4.68. The normalized spacial score (nSPS) is 10.3. The lowest BCUT2D eigenvalue weighted by Crippen LogP contribution is -2.00. The van der Waals surface area contributed by atoms with Gasteiger partial charge in [-0.3, -0.25) is 0 Å². The van der Waals surface area contributed by atoms with Crippen LogP contribution in [0.1, 0.15) is 16.7 Å². The topological polar surface area (TPSA) is 12.0 Å². The van der Waals surface area contributed by atoms with Crippen LogP contribution in [0.4, 0.5) is 5.69 Å². The Labute approximate surface area is 111 Å². The molecule has 0 saturated heterocycles. The van der Waals surface area contributed by atoms with Crippen molar-refractivity contribution in [2.75, 3.05) is 5.32 Å². The summed E-state index contributed by atoms with van der Waals surface area (Å²) >= 11 is 3.57. The van der Waals surface area contributed by atoms with Crippen LogP contribution in [-0.2, 0) is 6.54 Å². The number of hydrogen-bond acceptors (Lipinski definition) is 1. The Bertz CT molecular complexity index is 503. The molecule has 0 aromatic heterocycles. The minimum Gasteiger partial charge on any atom is -0.380 e. The Morgan fingerprint density at radius 1 is 0.941 bits per heavy atom. The summed E-state index contributed by atoms with van der Waals surface area (Å²) < 4.78 is 1.12. The molecule has 0 heterocycles. The molecule has 2 rings (SSSR count). The Kier molecular flexibility index (Phi) is 3.85. The van der Waals surface area contributed by atoms with Crippen molar-refractivity contribution in [1.82, 2.24) is 0 Å². The van der Waals surface area contributed by atoms with Gasteiger partial charge in [0.05, 0.1) is 0 Å². The Balaban J connectivity index is 2.04. The summed E-state index contributed by atoms with van der Waals surface area (Å²) in [7, 11) is 0. The Morgan fingerprint density at radius 3 is 2.24 bits per heavy atom. The number of halogens is 1. The van der Waals surface area contributed by atoms with Crippen molar-refractivity contribution in [1.29, 1.82) is 0 Å². The van der Waals surface area contributed by atoms with Gasteiger partial charge in [-0.1, -0.05) is 35.9 Å². The van der Waals surface area contributed by atoms with E-state index in [9.17, 15) is 0 Å². The molecule has 88 valence electrons. The molecule has 0 spiro atoms. The van der Waals surface area contributed by atoms with E-state index in [2.05, 4.69) is 77.6 Å². The van der Waals surface area contributed by atoms with Crippen LogP contribution in [0.5, 0.6) is 0 Å². The molecule has 0 saturated carbocycles. The highest BCUT2D eigenvalue weighted by molar-refractivity contribution is 9.10. The molecule has 0 amide bonds. The average molecular weight is 290 g/mol. The van der Waals surface area contributed by atoms with Crippen LogP contribution in [0.25, 0.3) is 0 Å². The standard InChI is InChI=1S/C15H16BrN/c1-11-3-6-13(7-4-11)10-17-15-8-5-12(2)9-14(15)16/h3-9,17H,10H2,1-2H3. The minimum atomic E-state index is 0.849. The van der Waals surface area contributed by atoms with Gasteiger partial charge in [-0.05, 0) is 53.0 Å². The van der Waals surface area contributed by atoms with Gasteiger partial charge in [0.15, 0.2) is 0 Å². The fraction of sp³-hybridized carbons (Fsp3) is 0.200. The van der Waals surface area contributed by atoms with Crippen LogP contribution in [0.2, 0.25) is 0 Å². The van der Waals surface area contributed by atoms with E-state index in [1.807, 2.05) is 0 Å². The van der Waals surface area contributed by atoms with Crippen LogP contribution in [0, 0.1) is 13.8 Å². The number of nitrogens with one attached hydrogen (secondary N) is 1. The van der Waals surface area contributed by atoms with Crippen LogP contribution >= 0.6 is 15.9 Å². The third-order valence-electron chi connectivity index (χ3n) is 2.73. The molecule has 0 bridgehead atoms. The zero-order valence-electron chi connectivity index (χ0n) is 10.1. The smallest absolute Gasteiger partial charge is 0.0487 e. The fourth-order valence-corrected chi connectivity index (χ4v) is 2.30. The van der Waals surface area contributed by atoms with Gasteiger partial charge in [0.1, 0.15) is 0 Å². The van der Waals surface area contributed by atoms with E-state index in [-0.39, 0.29) is 0 Å². The van der Waals surface area contributed by atoms with Gasteiger partial charge in [-0.2, -0.15) is 0 Å². The Hall–Kier alpha value is -1.28. The van der Waals surface area contributed by atoms with Gasteiger partial charge >= 0.3 is 0 Å². The van der Waals surface area contributed by atoms with Crippen LogP contribution in [0.3, 0.4) is 0 Å². The van der Waals surface area contributed by atoms with E-state index in [0.717, 1.165) is 16.7 Å². The molecular weight excluding hydrogens is 274 g/mol. The molecule has 1 nitrogen and oxygen atoms in total. The number of rotatable bonds is 3. The second-order valence-electron chi connectivity index (χ2n) is 4.32. The number of benzene rings is 2. The van der Waals surface area contributed by atoms with E-state index in [4.69, 9.17) is 0 Å². The van der Waals surface area contributed by atoms with Crippen LogP contribution in [-0.4, -0.2) is 0 Å². The third kappa shape index (κ3) is 3.34. The quantitative estimate of drug-likeness (QED) is 0.865. The van der Waals surface area contributed by atoms with Gasteiger partial charge in [0.2, 0.25) is 0 Å². The van der Waals surface area contributed by atoms with Crippen LogP contribution in [0.15, 0.2) is 46.9 Å². The molecular formula is C15H16BrN. The summed E-state index contributed by atoms with van der Waals surface area (Å²) in [4.78, 5) is 0. The molecule has 1 N–H and O–H groups in total. The molecule has 2 heteroatoms. The molecule has 0 radical (unpaired) electrons. The second kappa shape index (κ2) is 5.37. The zero-order chi connectivity index (χ0) is 12.3. The molecule has 0 atom stereocenters. The molecule has 0 aliphatic rings. The van der Waals surface area contributed by atoms with Crippen molar-refractivity contribution in [3.63, 3.8) is 0 Å². The molecule has 0 unspecified atom stereocenters. The lowest BCUT2D eigenvalue weighted by Gasteiger charge is -2.09. The first-order valence-electron chi connectivity index (χ1n) is 5.71. The van der Waals surface area contributed by atoms with Crippen LogP contribution < -0.4 is 5.32 Å². The number of aryl methyl sites for hydroxylation is 2. The molecule has 2 aromatic carbocycles. The van der Waals surface area contributed by atoms with Gasteiger partial charge in [0.25, 0.3) is 0 Å². The summed E-state index contributed by atoms with van der Waals surface area (Å²) in [6.45, 7) is 5.05. The third-order valence-corrected chi connectivity index (χ3v) is 3.38. The molecule has 0 aliphatic heterocycles. The maximum atomic E-state index is 3.57. The van der Waals surface area contributed by atoms with E-state index in [1.165, 1.54) is 16.7 Å². The van der Waals surface area contributed by atoms with Gasteiger partial charge in [-0.15, -0.1) is 0 Å². The molecule has 2 aromatic rings. The first-order chi connectivity index (χ1) is 8.15. The van der Waals surface area contributed by atoms with Gasteiger partial charge in [0, 0.05) is 16.7 Å². The summed E-state index contributed by atoms with van der Waals surface area (Å²) in [6.07, 6.45) is 0. The Morgan fingerprint density at radius 2 is 1.59 bits per heavy atom. The second-order valence-corrected chi connectivity index (χ2v) is 5.18. The van der Waals surface area contributed by atoms with Crippen molar-refractivity contribution >= 4 is 21.6 Å². The fourth-order valence-electron chi connectivity index (χ4n) is 1.67. The van der Waals surface area contributed by atoms with Gasteiger partial charge in [-0.25, -0.2) is 0 Å². The first-order valence-corrected chi connectivity index (χ1v) is 6.50. The highest BCUT2D eigenvalue weighted by Gasteiger charge is 1.99. The molecule has 0 fully saturated rings. The maximum Gasteiger partial charge on any atom is 0.0487 e. The monoisotopic (exact) mass is 289 g/mol. The van der Waals surface area contributed by atoms with E-state index >= 15 is 0 Å². The maximum absolute atomic E-state index is 3.57. The summed E-state index contributed by atoms with van der Waals surface area (Å²) in [5, 5.41) is 3.43. The lowest BCUT2D eigenvalue weighted by molar-refractivity contribution is 1.14. The van der Waals surface area contributed by atoms with Crippen molar-refractivity contribution in [3.8, 4) is 0 Å². The largest absolute Gasteiger partial charge is 0.380 e. The van der Waals surface area contributed by atoms with Gasteiger partial charge < -0.3 is 5.32 Å². The number of anilines is 1. The van der Waals surface area contributed by atoms with Crippen molar-refractivity contribution in [2.24, 2.45) is 0 Å².